The van der Waals surface area contributed by atoms with Crippen molar-refractivity contribution in [3.05, 3.63) is 59.9 Å². The number of benzene rings is 1. The van der Waals surface area contributed by atoms with Gasteiger partial charge in [0.1, 0.15) is 12.0 Å². The van der Waals surface area contributed by atoms with Crippen LogP contribution in [0, 0.1) is 12.7 Å². The third kappa shape index (κ3) is 4.96. The second kappa shape index (κ2) is 10.3. The molecule has 1 amide bonds. The molecular weight excluding hydrogens is 466 g/mol. The first kappa shape index (κ1) is 24.3. The molecule has 0 radical (unpaired) electrons. The molecule has 0 bridgehead atoms. The number of aromatic nitrogens is 3. The van der Waals surface area contributed by atoms with E-state index in [1.54, 1.807) is 43.3 Å². The van der Waals surface area contributed by atoms with Crippen molar-refractivity contribution >= 4 is 11.6 Å². The zero-order valence-corrected chi connectivity index (χ0v) is 20.4. The summed E-state index contributed by atoms with van der Waals surface area (Å²) in [6, 6.07) is 4.82. The number of ether oxygens (including phenoxy) is 1. The third-order valence-corrected chi connectivity index (χ3v) is 6.83. The maximum atomic E-state index is 14.9. The molecule has 0 saturated carbocycles. The van der Waals surface area contributed by atoms with Crippen LogP contribution in [0.5, 0.6) is 0 Å². The van der Waals surface area contributed by atoms with Gasteiger partial charge in [-0.25, -0.2) is 13.5 Å². The van der Waals surface area contributed by atoms with Crippen LogP contribution in [0.4, 0.5) is 14.5 Å². The Kier molecular flexibility index (Phi) is 6.97. The molecule has 5 rings (SSSR count). The molecule has 2 saturated heterocycles. The Labute approximate surface area is 208 Å². The van der Waals surface area contributed by atoms with E-state index in [4.69, 9.17) is 4.74 Å². The standard InChI is InChI=1S/C26H30F2N6O2/c1-3-30-26(35)21-8-25(16(2)6-22(21)27)34-12-18(10-31-34)17-7-19(11-29-9-17)32-24-4-5-33(13-23(24)28)20-14-36-15-20/h6-12,20,23-24,32H,3-5,13-15H2,1-2H3,(H,30,35)/t23-,24+/m1/s1. The summed E-state index contributed by atoms with van der Waals surface area (Å²) in [6.07, 6.45) is 6.63. The topological polar surface area (TPSA) is 84.3 Å². The van der Waals surface area contributed by atoms with Crippen molar-refractivity contribution in [2.45, 2.75) is 38.5 Å². The van der Waals surface area contributed by atoms with Crippen molar-refractivity contribution in [2.24, 2.45) is 0 Å². The summed E-state index contributed by atoms with van der Waals surface area (Å²) in [5.74, 6) is -1.04. The Bertz CT molecular complexity index is 1240. The summed E-state index contributed by atoms with van der Waals surface area (Å²) in [6.45, 7) is 6.57. The molecule has 1 aromatic carbocycles. The summed E-state index contributed by atoms with van der Waals surface area (Å²) >= 11 is 0. The second-order valence-corrected chi connectivity index (χ2v) is 9.36. The van der Waals surface area contributed by atoms with Crippen LogP contribution in [0.15, 0.2) is 43.0 Å². The maximum absolute atomic E-state index is 14.9. The van der Waals surface area contributed by atoms with Gasteiger partial charge in [-0.15, -0.1) is 0 Å². The number of carbonyl (C=O) groups excluding carboxylic acids is 1. The van der Waals surface area contributed by atoms with Gasteiger partial charge in [-0.3, -0.25) is 14.7 Å². The molecule has 3 aromatic rings. The monoisotopic (exact) mass is 496 g/mol. The zero-order chi connectivity index (χ0) is 25.2. The minimum atomic E-state index is -0.980. The highest BCUT2D eigenvalue weighted by atomic mass is 19.1. The molecule has 0 aliphatic carbocycles. The number of rotatable bonds is 7. The first-order valence-corrected chi connectivity index (χ1v) is 12.2. The summed E-state index contributed by atoms with van der Waals surface area (Å²) in [4.78, 5) is 18.8. The minimum absolute atomic E-state index is 0.0287. The lowest BCUT2D eigenvalue weighted by atomic mass is 10.00. The Morgan fingerprint density at radius 3 is 2.75 bits per heavy atom. The number of nitrogens with zero attached hydrogens (tertiary/aromatic N) is 4. The van der Waals surface area contributed by atoms with E-state index >= 15 is 0 Å². The average Bonchev–Trinajstić information content (AvgIpc) is 3.30. The van der Waals surface area contributed by atoms with Gasteiger partial charge in [0.25, 0.3) is 5.91 Å². The highest BCUT2D eigenvalue weighted by Gasteiger charge is 2.35. The van der Waals surface area contributed by atoms with Crippen LogP contribution in [0.1, 0.15) is 29.3 Å². The molecule has 36 heavy (non-hydrogen) atoms. The fourth-order valence-electron chi connectivity index (χ4n) is 4.69. The number of carbonyl (C=O) groups is 1. The fourth-order valence-corrected chi connectivity index (χ4v) is 4.69. The first-order chi connectivity index (χ1) is 17.4. The van der Waals surface area contributed by atoms with Crippen molar-refractivity contribution in [3.63, 3.8) is 0 Å². The van der Waals surface area contributed by atoms with Crippen LogP contribution < -0.4 is 10.6 Å². The summed E-state index contributed by atoms with van der Waals surface area (Å²) in [7, 11) is 0. The van der Waals surface area contributed by atoms with Crippen LogP contribution in [0.25, 0.3) is 16.8 Å². The van der Waals surface area contributed by atoms with Gasteiger partial charge in [0.2, 0.25) is 0 Å². The number of pyridine rings is 1. The van der Waals surface area contributed by atoms with Crippen LogP contribution in [0.2, 0.25) is 0 Å². The average molecular weight is 497 g/mol. The molecule has 190 valence electrons. The number of hydrogen-bond acceptors (Lipinski definition) is 6. The number of nitrogens with one attached hydrogen (secondary N) is 2. The molecule has 0 spiro atoms. The van der Waals surface area contributed by atoms with Gasteiger partial charge in [-0.2, -0.15) is 5.10 Å². The third-order valence-electron chi connectivity index (χ3n) is 6.83. The Morgan fingerprint density at radius 2 is 2.03 bits per heavy atom. The van der Waals surface area contributed by atoms with Gasteiger partial charge in [-0.1, -0.05) is 0 Å². The van der Waals surface area contributed by atoms with Gasteiger partial charge in [-0.05, 0) is 44.0 Å². The highest BCUT2D eigenvalue weighted by Crippen LogP contribution is 2.27. The van der Waals surface area contributed by atoms with E-state index in [1.165, 1.54) is 12.1 Å². The van der Waals surface area contributed by atoms with Crippen LogP contribution in [-0.2, 0) is 4.74 Å². The molecule has 2 N–H and O–H groups in total. The number of alkyl halides is 1. The summed E-state index contributed by atoms with van der Waals surface area (Å²) < 4.78 is 36.1. The molecule has 2 aromatic heterocycles. The number of piperidine rings is 1. The molecule has 2 aliphatic heterocycles. The van der Waals surface area contributed by atoms with E-state index in [9.17, 15) is 13.6 Å². The maximum Gasteiger partial charge on any atom is 0.254 e. The molecule has 2 fully saturated rings. The Hall–Kier alpha value is -3.37. The van der Waals surface area contributed by atoms with E-state index in [-0.39, 0.29) is 11.6 Å². The smallest absolute Gasteiger partial charge is 0.254 e. The van der Waals surface area contributed by atoms with Crippen molar-refractivity contribution in [1.82, 2.24) is 25.0 Å². The van der Waals surface area contributed by atoms with Crippen molar-refractivity contribution < 1.29 is 18.3 Å². The van der Waals surface area contributed by atoms with Crippen molar-refractivity contribution in [2.75, 3.05) is 38.2 Å². The highest BCUT2D eigenvalue weighted by molar-refractivity contribution is 5.95. The summed E-state index contributed by atoms with van der Waals surface area (Å²) in [5, 5.41) is 10.4. The number of hydrogen-bond donors (Lipinski definition) is 2. The van der Waals surface area contributed by atoms with Gasteiger partial charge in [0, 0.05) is 49.4 Å². The molecule has 2 aliphatic rings. The van der Waals surface area contributed by atoms with Crippen LogP contribution >= 0.6 is 0 Å². The lowest BCUT2D eigenvalue weighted by Crippen LogP contribution is -2.57. The minimum Gasteiger partial charge on any atom is -0.378 e. The number of anilines is 1. The number of halogens is 2. The predicted octanol–water partition coefficient (Wildman–Crippen LogP) is 3.35. The van der Waals surface area contributed by atoms with Crippen LogP contribution in [0.3, 0.4) is 0 Å². The number of aryl methyl sites for hydroxylation is 1. The number of amides is 1. The Morgan fingerprint density at radius 1 is 1.19 bits per heavy atom. The van der Waals surface area contributed by atoms with Gasteiger partial charge < -0.3 is 15.4 Å². The normalized spacial score (nSPS) is 20.7. The first-order valence-electron chi connectivity index (χ1n) is 12.2. The van der Waals surface area contributed by atoms with Gasteiger partial charge in [0.05, 0.1) is 48.4 Å². The quantitative estimate of drug-likeness (QED) is 0.522. The molecule has 2 atom stereocenters. The van der Waals surface area contributed by atoms with E-state index in [1.807, 2.05) is 6.07 Å². The number of likely N-dealkylation sites (tertiary alicyclic amines) is 1. The second-order valence-electron chi connectivity index (χ2n) is 9.36. The largest absolute Gasteiger partial charge is 0.378 e. The lowest BCUT2D eigenvalue weighted by Gasteiger charge is -2.43. The molecule has 4 heterocycles. The van der Waals surface area contributed by atoms with E-state index in [2.05, 4.69) is 25.6 Å². The molecule has 8 nitrogen and oxygen atoms in total. The van der Waals surface area contributed by atoms with Crippen LogP contribution in [-0.4, -0.2) is 76.7 Å². The SMILES string of the molecule is CCNC(=O)c1cc(-n2cc(-c3cncc(N[C@H]4CCN(C5COC5)C[C@H]4F)c3)cn2)c(C)cc1F. The fraction of sp³-hybridized carbons (Fsp3) is 0.423. The van der Waals surface area contributed by atoms with Crippen molar-refractivity contribution in [3.8, 4) is 16.8 Å². The van der Waals surface area contributed by atoms with E-state index in [0.29, 0.717) is 50.0 Å². The van der Waals surface area contributed by atoms with Gasteiger partial charge in [0.15, 0.2) is 0 Å². The zero-order valence-electron chi connectivity index (χ0n) is 20.4. The Balaban J connectivity index is 1.32. The molecule has 10 heteroatoms. The van der Waals surface area contributed by atoms with E-state index in [0.717, 1.165) is 23.4 Å². The molecule has 0 unspecified atom stereocenters. The molecular formula is C26H30F2N6O2. The summed E-state index contributed by atoms with van der Waals surface area (Å²) in [5.41, 5.74) is 3.58. The predicted molar refractivity (Wildman–Crippen MR) is 133 cm³/mol. The van der Waals surface area contributed by atoms with E-state index < -0.39 is 17.9 Å². The van der Waals surface area contributed by atoms with Gasteiger partial charge >= 0.3 is 0 Å². The van der Waals surface area contributed by atoms with Crippen molar-refractivity contribution in [1.29, 1.82) is 0 Å². The lowest BCUT2D eigenvalue weighted by molar-refractivity contribution is -0.0793.